The van der Waals surface area contributed by atoms with Crippen molar-refractivity contribution < 1.29 is 17.9 Å². The van der Waals surface area contributed by atoms with E-state index in [4.69, 9.17) is 21.1 Å². The summed E-state index contributed by atoms with van der Waals surface area (Å²) in [5.41, 5.74) is 0.188. The lowest BCUT2D eigenvalue weighted by molar-refractivity contribution is 0.408. The highest BCUT2D eigenvalue weighted by Crippen LogP contribution is 2.34. The summed E-state index contributed by atoms with van der Waals surface area (Å²) < 4.78 is 39.2. The first-order valence-electron chi connectivity index (χ1n) is 9.66. The summed E-state index contributed by atoms with van der Waals surface area (Å²) in [5.74, 6) is 0.157. The van der Waals surface area contributed by atoms with Gasteiger partial charge in [-0.2, -0.15) is 0 Å². The van der Waals surface area contributed by atoms with E-state index in [1.807, 2.05) is 20.8 Å². The van der Waals surface area contributed by atoms with E-state index in [2.05, 4.69) is 14.7 Å². The lowest BCUT2D eigenvalue weighted by Crippen LogP contribution is -2.20. The zero-order valence-electron chi connectivity index (χ0n) is 18.3. The maximum absolute atomic E-state index is 13.0. The number of aromatic nitrogens is 2. The summed E-state index contributed by atoms with van der Waals surface area (Å²) in [4.78, 5) is 19.2. The largest absolute Gasteiger partial charge is 0.497 e. The Labute approximate surface area is 191 Å². The molecule has 1 aromatic heterocycles. The summed E-state index contributed by atoms with van der Waals surface area (Å²) in [6.07, 6.45) is 0. The Balaban J connectivity index is 2.00. The number of hydrogen-bond acceptors (Lipinski definition) is 6. The predicted molar refractivity (Wildman–Crippen MR) is 124 cm³/mol. The molecule has 0 saturated heterocycles. The van der Waals surface area contributed by atoms with E-state index in [-0.39, 0.29) is 38.5 Å². The molecule has 0 aliphatic carbocycles. The molecule has 0 atom stereocenters. The number of sulfonamides is 1. The van der Waals surface area contributed by atoms with Crippen LogP contribution in [-0.2, 0) is 15.4 Å². The van der Waals surface area contributed by atoms with Crippen molar-refractivity contribution >= 4 is 27.4 Å². The van der Waals surface area contributed by atoms with Crippen LogP contribution in [0.25, 0.3) is 0 Å². The average Bonchev–Trinajstić information content (AvgIpc) is 2.71. The maximum atomic E-state index is 13.0. The molecule has 0 amide bonds. The van der Waals surface area contributed by atoms with E-state index in [1.54, 1.807) is 18.2 Å². The number of nitrogens with zero attached hydrogens (tertiary/aromatic N) is 1. The minimum Gasteiger partial charge on any atom is -0.497 e. The van der Waals surface area contributed by atoms with Gasteiger partial charge >= 0.3 is 0 Å². The van der Waals surface area contributed by atoms with Crippen LogP contribution in [0.15, 0.2) is 52.2 Å². The Kier molecular flexibility index (Phi) is 6.52. The molecule has 170 valence electrons. The van der Waals surface area contributed by atoms with Gasteiger partial charge in [0.1, 0.15) is 17.3 Å². The van der Waals surface area contributed by atoms with Crippen molar-refractivity contribution in [1.82, 2.24) is 9.97 Å². The van der Waals surface area contributed by atoms with E-state index >= 15 is 0 Å². The number of methoxy groups -OCH3 is 1. The number of H-pyrrole nitrogens is 1. The van der Waals surface area contributed by atoms with Crippen LogP contribution in [0.3, 0.4) is 0 Å². The fourth-order valence-electron chi connectivity index (χ4n) is 2.86. The molecule has 10 heteroatoms. The molecule has 0 aliphatic rings. The first-order valence-corrected chi connectivity index (χ1v) is 11.5. The summed E-state index contributed by atoms with van der Waals surface area (Å²) in [5, 5.41) is 0.206. The number of ether oxygens (including phenoxy) is 2. The highest BCUT2D eigenvalue weighted by molar-refractivity contribution is 7.92. The third-order valence-electron chi connectivity index (χ3n) is 4.61. The number of rotatable bonds is 6. The number of anilines is 1. The molecule has 0 fully saturated rings. The van der Waals surface area contributed by atoms with Gasteiger partial charge in [-0.1, -0.05) is 44.5 Å². The average molecular weight is 478 g/mol. The number of halogens is 1. The number of aryl methyl sites for hydroxylation is 1. The van der Waals surface area contributed by atoms with Crippen molar-refractivity contribution in [2.75, 3.05) is 11.8 Å². The fourth-order valence-corrected chi connectivity index (χ4v) is 4.02. The van der Waals surface area contributed by atoms with Gasteiger partial charge in [0.25, 0.3) is 15.6 Å². The highest BCUT2D eigenvalue weighted by Gasteiger charge is 2.23. The van der Waals surface area contributed by atoms with Gasteiger partial charge in [-0.15, -0.1) is 0 Å². The van der Waals surface area contributed by atoms with Gasteiger partial charge < -0.3 is 14.5 Å². The number of nitrogens with one attached hydrogen (secondary N) is 2. The van der Waals surface area contributed by atoms with Crippen LogP contribution in [0.5, 0.6) is 17.2 Å². The number of aromatic amines is 1. The van der Waals surface area contributed by atoms with Crippen molar-refractivity contribution in [1.29, 1.82) is 0 Å². The SMILES string of the molecule is COc1ccc(Cl)c(Oc2c(NS(=O)(=O)c3ccc(C(C)(C)C)cc3)nc(C)[nH]c2=O)c1. The van der Waals surface area contributed by atoms with E-state index in [0.29, 0.717) is 5.75 Å². The molecule has 1 heterocycles. The van der Waals surface area contributed by atoms with E-state index in [1.165, 1.54) is 38.3 Å². The molecule has 0 radical (unpaired) electrons. The summed E-state index contributed by atoms with van der Waals surface area (Å²) >= 11 is 6.17. The van der Waals surface area contributed by atoms with E-state index in [9.17, 15) is 13.2 Å². The van der Waals surface area contributed by atoms with Crippen LogP contribution >= 0.6 is 11.6 Å². The monoisotopic (exact) mass is 477 g/mol. The van der Waals surface area contributed by atoms with Crippen molar-refractivity contribution in [2.24, 2.45) is 0 Å². The number of hydrogen-bond donors (Lipinski definition) is 2. The highest BCUT2D eigenvalue weighted by atomic mass is 35.5. The second-order valence-electron chi connectivity index (χ2n) is 8.11. The van der Waals surface area contributed by atoms with Crippen molar-refractivity contribution in [3.05, 3.63) is 69.2 Å². The van der Waals surface area contributed by atoms with Crippen LogP contribution in [0.2, 0.25) is 5.02 Å². The van der Waals surface area contributed by atoms with Crippen molar-refractivity contribution in [3.8, 4) is 17.2 Å². The lowest BCUT2D eigenvalue weighted by atomic mass is 9.87. The smallest absolute Gasteiger partial charge is 0.296 e. The normalized spacial score (nSPS) is 11.8. The molecule has 2 aromatic carbocycles. The zero-order valence-corrected chi connectivity index (χ0v) is 19.9. The first-order chi connectivity index (χ1) is 14.9. The molecular formula is C22H24ClN3O5S. The third-order valence-corrected chi connectivity index (χ3v) is 6.27. The second kappa shape index (κ2) is 8.84. The van der Waals surface area contributed by atoms with Gasteiger partial charge in [-0.25, -0.2) is 13.4 Å². The molecule has 0 spiro atoms. The molecule has 0 bridgehead atoms. The minimum atomic E-state index is -4.05. The van der Waals surface area contributed by atoms with Gasteiger partial charge in [0.2, 0.25) is 5.75 Å². The first kappa shape index (κ1) is 23.6. The van der Waals surface area contributed by atoms with Gasteiger partial charge in [0.15, 0.2) is 5.82 Å². The molecule has 3 rings (SSSR count). The Morgan fingerprint density at radius 1 is 1.09 bits per heavy atom. The standard InChI is InChI=1S/C22H24ClN3O5S/c1-13-24-20(26-32(28,29)16-9-6-14(7-10-16)22(2,3)4)19(21(27)25-13)31-18-12-15(30-5)8-11-17(18)23/h6-12H,1-5H3,(H2,24,25,26,27). The number of benzene rings is 2. The Hall–Kier alpha value is -3.04. The molecule has 8 nitrogen and oxygen atoms in total. The summed E-state index contributed by atoms with van der Waals surface area (Å²) in [6.45, 7) is 7.63. The predicted octanol–water partition coefficient (Wildman–Crippen LogP) is 4.63. The fraction of sp³-hybridized carbons (Fsp3) is 0.273. The summed E-state index contributed by atoms with van der Waals surface area (Å²) in [6, 6.07) is 11.1. The quantitative estimate of drug-likeness (QED) is 0.535. The van der Waals surface area contributed by atoms with Crippen LogP contribution in [0, 0.1) is 6.92 Å². The Morgan fingerprint density at radius 3 is 2.34 bits per heavy atom. The Bertz CT molecular complexity index is 1300. The summed E-state index contributed by atoms with van der Waals surface area (Å²) in [7, 11) is -2.58. The third kappa shape index (κ3) is 5.23. The molecular weight excluding hydrogens is 454 g/mol. The van der Waals surface area contributed by atoms with Crippen LogP contribution in [0.1, 0.15) is 32.2 Å². The van der Waals surface area contributed by atoms with Crippen molar-refractivity contribution in [3.63, 3.8) is 0 Å². The van der Waals surface area contributed by atoms with Crippen molar-refractivity contribution in [2.45, 2.75) is 38.0 Å². The van der Waals surface area contributed by atoms with Crippen LogP contribution < -0.4 is 19.8 Å². The van der Waals surface area contributed by atoms with E-state index < -0.39 is 15.6 Å². The topological polar surface area (TPSA) is 110 Å². The van der Waals surface area contributed by atoms with Gasteiger partial charge in [-0.3, -0.25) is 9.52 Å². The molecule has 2 N–H and O–H groups in total. The molecule has 0 unspecified atom stereocenters. The van der Waals surface area contributed by atoms with Crippen LogP contribution in [-0.4, -0.2) is 25.5 Å². The second-order valence-corrected chi connectivity index (χ2v) is 10.2. The molecule has 3 aromatic rings. The lowest BCUT2D eigenvalue weighted by Gasteiger charge is -2.19. The Morgan fingerprint density at radius 2 is 1.75 bits per heavy atom. The molecule has 0 aliphatic heterocycles. The molecule has 0 saturated carbocycles. The van der Waals surface area contributed by atoms with E-state index in [0.717, 1.165) is 5.56 Å². The molecule has 32 heavy (non-hydrogen) atoms. The minimum absolute atomic E-state index is 0.0237. The van der Waals surface area contributed by atoms with Gasteiger partial charge in [0.05, 0.1) is 17.0 Å². The maximum Gasteiger partial charge on any atom is 0.296 e. The zero-order chi connectivity index (χ0) is 23.7. The van der Waals surface area contributed by atoms with Gasteiger partial charge in [-0.05, 0) is 42.2 Å². The van der Waals surface area contributed by atoms with Crippen LogP contribution in [0.4, 0.5) is 5.82 Å². The van der Waals surface area contributed by atoms with Gasteiger partial charge in [0, 0.05) is 6.07 Å².